The fraction of sp³-hybridized carbons (Fsp3) is 0.700. The van der Waals surface area contributed by atoms with Crippen molar-refractivity contribution in [1.82, 2.24) is 20.2 Å². The highest BCUT2D eigenvalue weighted by molar-refractivity contribution is 5.81. The van der Waals surface area contributed by atoms with E-state index in [2.05, 4.69) is 20.2 Å². The van der Waals surface area contributed by atoms with Crippen LogP contribution in [0.2, 0.25) is 0 Å². The summed E-state index contributed by atoms with van der Waals surface area (Å²) >= 11 is 0. The van der Waals surface area contributed by atoms with Gasteiger partial charge in [-0.3, -0.25) is 24.3 Å². The molecule has 1 amide bonds. The standard InChI is InChI=1S/C19H28N4O5.CH2O2/c1-18(22-16(26)12-2-3-12)11-19(28-10-14(18)24)4-6-23(7-5-19)9-13-8-15(25)21-17(27)20-13;2-1-3/h8,12,14,24H,2-7,9-11H2,1H3,(H,22,26)(H2,20,21,25,27);1H,(H,2,3)/t14-,18-;/m1./s1. The minimum Gasteiger partial charge on any atom is -0.483 e. The van der Waals surface area contributed by atoms with Crippen LogP contribution in [0.4, 0.5) is 0 Å². The number of nitrogens with zero attached hydrogens (tertiary/aromatic N) is 1. The number of amides is 1. The van der Waals surface area contributed by atoms with Crippen molar-refractivity contribution in [2.24, 2.45) is 5.92 Å². The van der Waals surface area contributed by atoms with Gasteiger partial charge in [-0.1, -0.05) is 0 Å². The Morgan fingerprint density at radius 3 is 2.55 bits per heavy atom. The second-order valence-electron chi connectivity index (χ2n) is 8.86. The fourth-order valence-corrected chi connectivity index (χ4v) is 4.42. The van der Waals surface area contributed by atoms with Gasteiger partial charge in [-0.15, -0.1) is 0 Å². The molecule has 4 rings (SSSR count). The maximum absolute atomic E-state index is 12.3. The third kappa shape index (κ3) is 5.81. The van der Waals surface area contributed by atoms with E-state index < -0.39 is 22.9 Å². The number of piperidine rings is 1. The van der Waals surface area contributed by atoms with Gasteiger partial charge < -0.3 is 25.3 Å². The Hall–Kier alpha value is -2.50. The van der Waals surface area contributed by atoms with Crippen LogP contribution in [-0.2, 0) is 20.9 Å². The maximum atomic E-state index is 12.3. The Labute approximate surface area is 178 Å². The molecule has 5 N–H and O–H groups in total. The van der Waals surface area contributed by atoms with E-state index in [9.17, 15) is 19.5 Å². The summed E-state index contributed by atoms with van der Waals surface area (Å²) in [6.45, 7) is 3.86. The monoisotopic (exact) mass is 438 g/mol. The van der Waals surface area contributed by atoms with E-state index >= 15 is 0 Å². The number of carbonyl (C=O) groups excluding carboxylic acids is 1. The Bertz CT molecular complexity index is 873. The van der Waals surface area contributed by atoms with Gasteiger partial charge in [0.2, 0.25) is 5.91 Å². The van der Waals surface area contributed by atoms with Crippen LogP contribution in [0.3, 0.4) is 0 Å². The van der Waals surface area contributed by atoms with Crippen molar-refractivity contribution in [2.75, 3.05) is 19.7 Å². The first kappa shape index (κ1) is 23.2. The van der Waals surface area contributed by atoms with Crippen molar-refractivity contribution in [3.63, 3.8) is 0 Å². The highest BCUT2D eigenvalue weighted by Crippen LogP contribution is 2.40. The summed E-state index contributed by atoms with van der Waals surface area (Å²) in [6.07, 6.45) is 3.25. The molecule has 11 nitrogen and oxygen atoms in total. The van der Waals surface area contributed by atoms with Crippen LogP contribution in [0.5, 0.6) is 0 Å². The lowest BCUT2D eigenvalue weighted by Gasteiger charge is -2.52. The smallest absolute Gasteiger partial charge is 0.325 e. The van der Waals surface area contributed by atoms with E-state index in [0.29, 0.717) is 18.7 Å². The Morgan fingerprint density at radius 1 is 1.32 bits per heavy atom. The number of aromatic nitrogens is 2. The van der Waals surface area contributed by atoms with E-state index in [1.54, 1.807) is 0 Å². The van der Waals surface area contributed by atoms with E-state index in [0.717, 1.165) is 38.8 Å². The molecule has 1 aromatic heterocycles. The predicted molar refractivity (Wildman–Crippen MR) is 109 cm³/mol. The fourth-order valence-electron chi connectivity index (χ4n) is 4.42. The summed E-state index contributed by atoms with van der Waals surface area (Å²) in [5.41, 5.74) is -1.37. The molecular formula is C20H30N4O7. The number of hydrogen-bond acceptors (Lipinski definition) is 7. The zero-order chi connectivity index (χ0) is 22.6. The third-order valence-electron chi connectivity index (χ3n) is 6.31. The topological polar surface area (TPSA) is 165 Å². The number of nitrogens with one attached hydrogen (secondary N) is 3. The predicted octanol–water partition coefficient (Wildman–Crippen LogP) is -0.835. The summed E-state index contributed by atoms with van der Waals surface area (Å²) in [5.74, 6) is 0.134. The molecule has 2 aliphatic heterocycles. The largest absolute Gasteiger partial charge is 0.483 e. The first-order chi connectivity index (χ1) is 14.7. The van der Waals surface area contributed by atoms with Crippen LogP contribution in [0.25, 0.3) is 0 Å². The molecule has 11 heteroatoms. The van der Waals surface area contributed by atoms with Crippen molar-refractivity contribution < 1.29 is 24.5 Å². The van der Waals surface area contributed by atoms with Crippen LogP contribution in [0.1, 0.15) is 44.7 Å². The molecule has 172 valence electrons. The van der Waals surface area contributed by atoms with Gasteiger partial charge in [0, 0.05) is 43.7 Å². The first-order valence-electron chi connectivity index (χ1n) is 10.5. The molecule has 1 spiro atoms. The summed E-state index contributed by atoms with van der Waals surface area (Å²) < 4.78 is 6.07. The number of likely N-dealkylation sites (tertiary alicyclic amines) is 1. The van der Waals surface area contributed by atoms with Crippen LogP contribution in [0, 0.1) is 5.92 Å². The summed E-state index contributed by atoms with van der Waals surface area (Å²) in [4.78, 5) is 50.5. The van der Waals surface area contributed by atoms with Crippen molar-refractivity contribution in [1.29, 1.82) is 0 Å². The minimum atomic E-state index is -0.722. The molecule has 0 bridgehead atoms. The van der Waals surface area contributed by atoms with E-state index in [1.165, 1.54) is 6.07 Å². The molecule has 31 heavy (non-hydrogen) atoms. The molecule has 3 fully saturated rings. The maximum Gasteiger partial charge on any atom is 0.325 e. The number of aliphatic hydroxyl groups excluding tert-OH is 1. The number of rotatable bonds is 4. The zero-order valence-corrected chi connectivity index (χ0v) is 17.6. The molecule has 1 aliphatic carbocycles. The highest BCUT2D eigenvalue weighted by Gasteiger charge is 2.51. The molecular weight excluding hydrogens is 408 g/mol. The Balaban J connectivity index is 0.000000858. The van der Waals surface area contributed by atoms with Gasteiger partial charge in [-0.25, -0.2) is 4.79 Å². The molecule has 0 aromatic carbocycles. The molecule has 0 radical (unpaired) electrons. The molecule has 0 unspecified atom stereocenters. The quantitative estimate of drug-likeness (QED) is 0.380. The number of hydrogen-bond donors (Lipinski definition) is 5. The van der Waals surface area contributed by atoms with Crippen molar-refractivity contribution >= 4 is 12.4 Å². The first-order valence-corrected chi connectivity index (χ1v) is 10.5. The number of aromatic amines is 2. The highest BCUT2D eigenvalue weighted by atomic mass is 16.5. The zero-order valence-electron chi connectivity index (χ0n) is 17.6. The van der Waals surface area contributed by atoms with Crippen molar-refractivity contribution in [3.05, 3.63) is 32.6 Å². The molecule has 2 atom stereocenters. The lowest BCUT2D eigenvalue weighted by molar-refractivity contribution is -0.182. The molecule has 1 aromatic rings. The molecule has 3 heterocycles. The Kier molecular flexibility index (Phi) is 6.97. The second kappa shape index (κ2) is 9.33. The number of ether oxygens (including phenoxy) is 1. The van der Waals surface area contributed by atoms with Gasteiger partial charge in [0.15, 0.2) is 0 Å². The molecule has 2 saturated heterocycles. The lowest BCUT2D eigenvalue weighted by Crippen LogP contribution is -2.65. The van der Waals surface area contributed by atoms with Gasteiger partial charge in [-0.05, 0) is 32.6 Å². The number of H-pyrrole nitrogens is 2. The van der Waals surface area contributed by atoms with Crippen LogP contribution < -0.4 is 16.6 Å². The Morgan fingerprint density at radius 2 is 1.97 bits per heavy atom. The summed E-state index contributed by atoms with van der Waals surface area (Å²) in [7, 11) is 0. The third-order valence-corrected chi connectivity index (χ3v) is 6.31. The van der Waals surface area contributed by atoms with Crippen LogP contribution >= 0.6 is 0 Å². The number of carboxylic acid groups (broad SMARTS) is 1. The van der Waals surface area contributed by atoms with Gasteiger partial charge in [0.25, 0.3) is 12.0 Å². The summed E-state index contributed by atoms with van der Waals surface area (Å²) in [6, 6.07) is 1.41. The van der Waals surface area contributed by atoms with E-state index in [4.69, 9.17) is 14.6 Å². The SMILES string of the molecule is C[C@@]1(NC(=O)C2CC2)CC2(CCN(Cc3cc(=O)[nH]c(=O)[nH]3)CC2)OC[C@H]1O.O=CO. The minimum absolute atomic E-state index is 0.0364. The van der Waals surface area contributed by atoms with Gasteiger partial charge in [0.05, 0.1) is 17.7 Å². The average molecular weight is 438 g/mol. The van der Waals surface area contributed by atoms with Gasteiger partial charge in [0.1, 0.15) is 6.10 Å². The van der Waals surface area contributed by atoms with E-state index in [1.807, 2.05) is 6.92 Å². The average Bonchev–Trinajstić information content (AvgIpc) is 3.52. The summed E-state index contributed by atoms with van der Waals surface area (Å²) in [5, 5.41) is 20.4. The number of carbonyl (C=O) groups is 2. The van der Waals surface area contributed by atoms with Crippen LogP contribution in [-0.4, -0.2) is 74.4 Å². The second-order valence-corrected chi connectivity index (χ2v) is 8.86. The van der Waals surface area contributed by atoms with Gasteiger partial charge >= 0.3 is 5.69 Å². The molecule has 1 saturated carbocycles. The normalized spacial score (nSPS) is 27.7. The number of aliphatic hydroxyl groups is 1. The molecule has 3 aliphatic rings. The van der Waals surface area contributed by atoms with Crippen molar-refractivity contribution in [2.45, 2.75) is 62.8 Å². The van der Waals surface area contributed by atoms with Crippen molar-refractivity contribution in [3.8, 4) is 0 Å². The van der Waals surface area contributed by atoms with Crippen LogP contribution in [0.15, 0.2) is 15.7 Å². The van der Waals surface area contributed by atoms with Gasteiger partial charge in [-0.2, -0.15) is 0 Å². The van der Waals surface area contributed by atoms with E-state index in [-0.39, 0.29) is 30.5 Å². The lowest BCUT2D eigenvalue weighted by atomic mass is 9.74.